The van der Waals surface area contributed by atoms with E-state index in [0.29, 0.717) is 29.6 Å². The van der Waals surface area contributed by atoms with E-state index >= 15 is 0 Å². The largest absolute Gasteiger partial charge is 0.351 e. The number of aromatic nitrogens is 2. The number of hydrogen-bond donors (Lipinski definition) is 2. The Morgan fingerprint density at radius 1 is 1.18 bits per heavy atom. The van der Waals surface area contributed by atoms with Crippen molar-refractivity contribution in [2.24, 2.45) is 23.7 Å². The molecule has 1 heterocycles. The highest BCUT2D eigenvalue weighted by molar-refractivity contribution is 5.78. The number of nitrogens with one attached hydrogen (secondary N) is 2. The van der Waals surface area contributed by atoms with Crippen molar-refractivity contribution in [3.63, 3.8) is 0 Å². The number of rotatable bonds is 5. The molecule has 148 valence electrons. The van der Waals surface area contributed by atoms with E-state index < -0.39 is 0 Å². The van der Waals surface area contributed by atoms with Crippen LogP contribution >= 0.6 is 0 Å². The number of fused-ring (bicyclic) bond motifs is 1. The topological polar surface area (TPSA) is 74.8 Å². The van der Waals surface area contributed by atoms with Crippen molar-refractivity contribution in [3.05, 3.63) is 40.4 Å². The van der Waals surface area contributed by atoms with Crippen LogP contribution in [-0.4, -0.2) is 21.4 Å². The first-order valence-electron chi connectivity index (χ1n) is 10.8. The summed E-state index contributed by atoms with van der Waals surface area (Å²) >= 11 is 0. The van der Waals surface area contributed by atoms with Gasteiger partial charge < -0.3 is 10.3 Å². The van der Waals surface area contributed by atoms with E-state index in [1.54, 1.807) is 6.07 Å². The fourth-order valence-corrected chi connectivity index (χ4v) is 6.56. The third kappa shape index (κ3) is 3.36. The number of hydrogen-bond acceptors (Lipinski definition) is 3. The van der Waals surface area contributed by atoms with Crippen LogP contribution in [0.2, 0.25) is 0 Å². The van der Waals surface area contributed by atoms with Gasteiger partial charge in [-0.1, -0.05) is 19.1 Å². The van der Waals surface area contributed by atoms with Crippen LogP contribution in [0.5, 0.6) is 0 Å². The molecule has 5 heteroatoms. The number of benzene rings is 1. The third-order valence-electron chi connectivity index (χ3n) is 7.18. The van der Waals surface area contributed by atoms with Crippen LogP contribution < -0.4 is 10.9 Å². The van der Waals surface area contributed by atoms with E-state index in [2.05, 4.69) is 22.2 Å². The minimum absolute atomic E-state index is 0.0705. The van der Waals surface area contributed by atoms with Crippen molar-refractivity contribution in [2.75, 3.05) is 0 Å². The lowest BCUT2D eigenvalue weighted by atomic mass is 9.53. The summed E-state index contributed by atoms with van der Waals surface area (Å²) in [6.07, 6.45) is 8.77. The Labute approximate surface area is 165 Å². The maximum atomic E-state index is 12.8. The first-order valence-corrected chi connectivity index (χ1v) is 10.8. The number of H-pyrrole nitrogens is 1. The van der Waals surface area contributed by atoms with Gasteiger partial charge in [0.25, 0.3) is 5.56 Å². The molecule has 0 aliphatic heterocycles. The molecule has 4 fully saturated rings. The quantitative estimate of drug-likeness (QED) is 0.834. The molecule has 2 N–H and O–H groups in total. The molecule has 0 spiro atoms. The number of carbonyl (C=O) groups is 1. The first kappa shape index (κ1) is 17.9. The molecule has 1 aromatic heterocycles. The van der Waals surface area contributed by atoms with Crippen molar-refractivity contribution in [1.29, 1.82) is 0 Å². The van der Waals surface area contributed by atoms with Crippen molar-refractivity contribution in [3.8, 4) is 0 Å². The average molecular weight is 380 g/mol. The van der Waals surface area contributed by atoms with Crippen LogP contribution in [0, 0.1) is 23.7 Å². The third-order valence-corrected chi connectivity index (χ3v) is 7.18. The molecule has 0 radical (unpaired) electrons. The first-order chi connectivity index (χ1) is 13.5. The second kappa shape index (κ2) is 6.71. The summed E-state index contributed by atoms with van der Waals surface area (Å²) < 4.78 is 0. The average Bonchev–Trinajstić information content (AvgIpc) is 2.59. The Kier molecular flexibility index (Phi) is 4.29. The summed E-state index contributed by atoms with van der Waals surface area (Å²) in [5, 5.41) is 4.06. The fourth-order valence-electron chi connectivity index (χ4n) is 6.56. The van der Waals surface area contributed by atoms with Gasteiger partial charge in [-0.05, 0) is 74.3 Å². The van der Waals surface area contributed by atoms with Crippen molar-refractivity contribution >= 4 is 16.8 Å². The maximum Gasteiger partial charge on any atom is 0.258 e. The molecule has 1 atom stereocenters. The summed E-state index contributed by atoms with van der Waals surface area (Å²) in [4.78, 5) is 32.5. The van der Waals surface area contributed by atoms with E-state index in [4.69, 9.17) is 0 Å². The molecule has 0 saturated heterocycles. The molecule has 0 unspecified atom stereocenters. The fraction of sp³-hybridized carbons (Fsp3) is 0.609. The Hall–Kier alpha value is -2.17. The van der Waals surface area contributed by atoms with Crippen LogP contribution in [0.4, 0.5) is 0 Å². The standard InChI is InChI=1S/C23H29N3O2/c1-14(6-20-24-19-5-3-2-4-18(19)22(28)25-20)7-21(27)26-23-11-15-8-16(12-23)10-17(9-15)13-23/h2-5,14-17H,6-13H2,1H3,(H,26,27)(H,24,25,28)/t14-,15?,16?,17?,23?/m0/s1. The highest BCUT2D eigenvalue weighted by Crippen LogP contribution is 2.55. The molecular weight excluding hydrogens is 350 g/mol. The number of carbonyl (C=O) groups excluding carboxylic acids is 1. The molecule has 5 nitrogen and oxygen atoms in total. The van der Waals surface area contributed by atoms with Gasteiger partial charge in [-0.2, -0.15) is 0 Å². The number of para-hydroxylation sites is 1. The van der Waals surface area contributed by atoms with Gasteiger partial charge in [0, 0.05) is 18.4 Å². The predicted molar refractivity (Wildman–Crippen MR) is 109 cm³/mol. The van der Waals surface area contributed by atoms with Crippen molar-refractivity contribution < 1.29 is 4.79 Å². The molecule has 28 heavy (non-hydrogen) atoms. The summed E-state index contributed by atoms with van der Waals surface area (Å²) in [7, 11) is 0. The molecular formula is C23H29N3O2. The molecule has 4 bridgehead atoms. The van der Waals surface area contributed by atoms with Crippen molar-refractivity contribution in [1.82, 2.24) is 15.3 Å². The lowest BCUT2D eigenvalue weighted by Crippen LogP contribution is -2.60. The van der Waals surface area contributed by atoms with Gasteiger partial charge >= 0.3 is 0 Å². The zero-order valence-electron chi connectivity index (χ0n) is 16.5. The second-order valence-electron chi connectivity index (χ2n) is 9.79. The van der Waals surface area contributed by atoms with Gasteiger partial charge in [0.05, 0.1) is 10.9 Å². The molecule has 4 aliphatic rings. The van der Waals surface area contributed by atoms with Gasteiger partial charge in [-0.3, -0.25) is 9.59 Å². The molecule has 2 aromatic rings. The van der Waals surface area contributed by atoms with E-state index in [1.807, 2.05) is 18.2 Å². The summed E-state index contributed by atoms with van der Waals surface area (Å²) in [5.41, 5.74) is 0.679. The minimum Gasteiger partial charge on any atom is -0.351 e. The summed E-state index contributed by atoms with van der Waals surface area (Å²) in [6, 6.07) is 7.38. The van der Waals surface area contributed by atoms with Gasteiger partial charge in [0.2, 0.25) is 5.91 Å². The highest BCUT2D eigenvalue weighted by atomic mass is 16.1. The zero-order chi connectivity index (χ0) is 19.3. The minimum atomic E-state index is -0.106. The van der Waals surface area contributed by atoms with Crippen LogP contribution in [0.3, 0.4) is 0 Å². The normalized spacial score (nSPS) is 31.8. The molecule has 4 saturated carbocycles. The lowest BCUT2D eigenvalue weighted by Gasteiger charge is -2.57. The van der Waals surface area contributed by atoms with Crippen LogP contribution in [0.15, 0.2) is 29.1 Å². The molecule has 4 aliphatic carbocycles. The van der Waals surface area contributed by atoms with Gasteiger partial charge in [-0.25, -0.2) is 4.98 Å². The van der Waals surface area contributed by atoms with Crippen LogP contribution in [0.1, 0.15) is 57.7 Å². The number of aromatic amines is 1. The van der Waals surface area contributed by atoms with Gasteiger partial charge in [0.1, 0.15) is 5.82 Å². The Morgan fingerprint density at radius 2 is 1.82 bits per heavy atom. The predicted octanol–water partition coefficient (Wildman–Crippen LogP) is 3.58. The lowest BCUT2D eigenvalue weighted by molar-refractivity contribution is -0.127. The monoisotopic (exact) mass is 379 g/mol. The second-order valence-corrected chi connectivity index (χ2v) is 9.79. The van der Waals surface area contributed by atoms with Gasteiger partial charge in [0.15, 0.2) is 0 Å². The smallest absolute Gasteiger partial charge is 0.258 e. The highest BCUT2D eigenvalue weighted by Gasteiger charge is 2.51. The van der Waals surface area contributed by atoms with E-state index in [1.165, 1.54) is 38.5 Å². The van der Waals surface area contributed by atoms with Crippen LogP contribution in [-0.2, 0) is 11.2 Å². The Bertz CT molecular complexity index is 928. The Balaban J connectivity index is 1.23. The summed E-state index contributed by atoms with van der Waals surface area (Å²) in [5.74, 6) is 3.46. The number of nitrogens with zero attached hydrogens (tertiary/aromatic N) is 1. The van der Waals surface area contributed by atoms with Crippen molar-refractivity contribution in [2.45, 2.75) is 63.8 Å². The Morgan fingerprint density at radius 3 is 2.50 bits per heavy atom. The number of amides is 1. The van der Waals surface area contributed by atoms with Gasteiger partial charge in [-0.15, -0.1) is 0 Å². The maximum absolute atomic E-state index is 12.8. The SMILES string of the molecule is C[C@H](CC(=O)NC12CC3CC(CC(C3)C1)C2)Cc1nc2ccccc2c(=O)[nH]1. The van der Waals surface area contributed by atoms with E-state index in [9.17, 15) is 9.59 Å². The van der Waals surface area contributed by atoms with Crippen LogP contribution in [0.25, 0.3) is 10.9 Å². The molecule has 1 aromatic carbocycles. The van der Waals surface area contributed by atoms with E-state index in [-0.39, 0.29) is 22.9 Å². The van der Waals surface area contributed by atoms with E-state index in [0.717, 1.165) is 17.8 Å². The zero-order valence-corrected chi connectivity index (χ0v) is 16.5. The summed E-state index contributed by atoms with van der Waals surface area (Å²) in [6.45, 7) is 2.06. The molecule has 1 amide bonds. The molecule has 6 rings (SSSR count).